The smallest absolute Gasteiger partial charge is 0.276 e. The third-order valence-electron chi connectivity index (χ3n) is 5.36. The zero-order chi connectivity index (χ0) is 22.2. The fourth-order valence-electron chi connectivity index (χ4n) is 3.96. The molecule has 0 spiro atoms. The average molecular weight is 470 g/mol. The lowest BCUT2D eigenvalue weighted by Gasteiger charge is -2.15. The first-order valence-electron chi connectivity index (χ1n) is 9.96. The molecule has 9 heteroatoms. The van der Waals surface area contributed by atoms with Crippen LogP contribution in [0.5, 0.6) is 0 Å². The van der Waals surface area contributed by atoms with Crippen LogP contribution in [0.1, 0.15) is 23.6 Å². The second kappa shape index (κ2) is 8.48. The number of hydrogen-bond acceptors (Lipinski definition) is 5. The van der Waals surface area contributed by atoms with Gasteiger partial charge >= 0.3 is 0 Å². The average Bonchev–Trinajstić information content (AvgIpc) is 3.39. The topological polar surface area (TPSA) is 64.0 Å². The van der Waals surface area contributed by atoms with Gasteiger partial charge in [0.2, 0.25) is 5.91 Å². The summed E-state index contributed by atoms with van der Waals surface area (Å²) in [6.45, 7) is 0. The highest BCUT2D eigenvalue weighted by Gasteiger charge is 2.24. The molecular weight excluding hydrogens is 452 g/mol. The van der Waals surface area contributed by atoms with Gasteiger partial charge in [0.15, 0.2) is 5.16 Å². The highest BCUT2D eigenvalue weighted by molar-refractivity contribution is 7.99. The van der Waals surface area contributed by atoms with Crippen LogP contribution in [-0.4, -0.2) is 21.2 Å². The molecule has 0 radical (unpaired) electrons. The number of thiophene rings is 1. The Kier molecular flexibility index (Phi) is 5.52. The van der Waals surface area contributed by atoms with Crippen LogP contribution in [0.4, 0.5) is 8.78 Å². The van der Waals surface area contributed by atoms with Crippen LogP contribution in [0.15, 0.2) is 63.9 Å². The normalized spacial score (nSPS) is 15.1. The lowest BCUT2D eigenvalue weighted by Crippen LogP contribution is -2.29. The van der Waals surface area contributed by atoms with Crippen LogP contribution >= 0.6 is 23.1 Å². The summed E-state index contributed by atoms with van der Waals surface area (Å²) in [5.74, 6) is -1.79. The largest absolute Gasteiger partial charge is 0.349 e. The van der Waals surface area contributed by atoms with E-state index in [1.165, 1.54) is 16.9 Å². The molecule has 2 aromatic heterocycles. The number of hydrogen-bond donors (Lipinski definition) is 1. The molecule has 5 rings (SSSR count). The number of thioether (sulfide) groups is 1. The first-order valence-corrected chi connectivity index (χ1v) is 11.8. The monoisotopic (exact) mass is 469 g/mol. The van der Waals surface area contributed by atoms with Crippen molar-refractivity contribution in [2.45, 2.75) is 24.0 Å². The van der Waals surface area contributed by atoms with E-state index >= 15 is 0 Å². The SMILES string of the molecule is O=C(CSc1nc2ccsc2c(=O)n1-c1cc(F)cc(F)c1)N[C@@H]1CCc2ccccc21. The Hall–Kier alpha value is -3.04. The van der Waals surface area contributed by atoms with Gasteiger partial charge in [-0.05, 0) is 47.5 Å². The Labute approximate surface area is 190 Å². The van der Waals surface area contributed by atoms with Crippen LogP contribution in [0.25, 0.3) is 15.9 Å². The van der Waals surface area contributed by atoms with E-state index in [-0.39, 0.29) is 28.5 Å². The number of aryl methyl sites for hydroxylation is 1. The minimum absolute atomic E-state index is 0.0124. The number of carbonyl (C=O) groups is 1. The predicted molar refractivity (Wildman–Crippen MR) is 122 cm³/mol. The molecule has 1 aliphatic rings. The van der Waals surface area contributed by atoms with Crippen molar-refractivity contribution in [3.05, 3.63) is 87.0 Å². The van der Waals surface area contributed by atoms with Crippen molar-refractivity contribution in [3.63, 3.8) is 0 Å². The molecule has 1 atom stereocenters. The molecule has 2 heterocycles. The Morgan fingerprint density at radius 3 is 2.78 bits per heavy atom. The second-order valence-corrected chi connectivity index (χ2v) is 9.30. The van der Waals surface area contributed by atoms with Gasteiger partial charge in [0.1, 0.15) is 16.3 Å². The van der Waals surface area contributed by atoms with Crippen molar-refractivity contribution in [3.8, 4) is 5.69 Å². The summed E-state index contributed by atoms with van der Waals surface area (Å²) >= 11 is 2.27. The van der Waals surface area contributed by atoms with Gasteiger partial charge in [-0.25, -0.2) is 13.8 Å². The zero-order valence-corrected chi connectivity index (χ0v) is 18.3. The molecule has 0 fully saturated rings. The van der Waals surface area contributed by atoms with Gasteiger partial charge < -0.3 is 5.32 Å². The molecule has 0 aliphatic heterocycles. The molecular formula is C23H17F2N3O2S2. The van der Waals surface area contributed by atoms with E-state index in [2.05, 4.69) is 16.4 Å². The van der Waals surface area contributed by atoms with E-state index in [4.69, 9.17) is 0 Å². The minimum atomic E-state index is -0.799. The predicted octanol–water partition coefficient (Wildman–Crippen LogP) is 4.62. The van der Waals surface area contributed by atoms with Crippen molar-refractivity contribution in [1.82, 2.24) is 14.9 Å². The number of aromatic nitrogens is 2. The molecule has 0 unspecified atom stereocenters. The summed E-state index contributed by atoms with van der Waals surface area (Å²) in [5, 5.41) is 4.97. The van der Waals surface area contributed by atoms with Gasteiger partial charge in [-0.3, -0.25) is 14.2 Å². The van der Waals surface area contributed by atoms with E-state index in [9.17, 15) is 18.4 Å². The summed E-state index contributed by atoms with van der Waals surface area (Å²) in [6, 6.07) is 12.6. The second-order valence-electron chi connectivity index (χ2n) is 7.44. The highest BCUT2D eigenvalue weighted by Crippen LogP contribution is 2.31. The molecule has 1 aliphatic carbocycles. The van der Waals surface area contributed by atoms with E-state index in [1.54, 1.807) is 11.4 Å². The molecule has 0 bridgehead atoms. The van der Waals surface area contributed by atoms with Crippen molar-refractivity contribution in [2.24, 2.45) is 0 Å². The number of nitrogens with one attached hydrogen (secondary N) is 1. The summed E-state index contributed by atoms with van der Waals surface area (Å²) < 4.78 is 29.2. The quantitative estimate of drug-likeness (QED) is 0.342. The third kappa shape index (κ3) is 3.93. The lowest BCUT2D eigenvalue weighted by atomic mass is 10.1. The number of amides is 1. The summed E-state index contributed by atoms with van der Waals surface area (Å²) in [7, 11) is 0. The lowest BCUT2D eigenvalue weighted by molar-refractivity contribution is -0.119. The van der Waals surface area contributed by atoms with Crippen molar-refractivity contribution in [1.29, 1.82) is 0 Å². The number of rotatable bonds is 5. The molecule has 0 saturated carbocycles. The molecule has 32 heavy (non-hydrogen) atoms. The summed E-state index contributed by atoms with van der Waals surface area (Å²) in [5.41, 5.74) is 2.44. The Balaban J connectivity index is 1.43. The van der Waals surface area contributed by atoms with Crippen molar-refractivity contribution in [2.75, 3.05) is 5.75 Å². The van der Waals surface area contributed by atoms with Crippen LogP contribution in [-0.2, 0) is 11.2 Å². The van der Waals surface area contributed by atoms with Crippen LogP contribution < -0.4 is 10.9 Å². The molecule has 0 saturated heterocycles. The fraction of sp³-hybridized carbons (Fsp3) is 0.174. The van der Waals surface area contributed by atoms with E-state index < -0.39 is 17.2 Å². The van der Waals surface area contributed by atoms with E-state index in [0.717, 1.165) is 52.9 Å². The molecule has 162 valence electrons. The van der Waals surface area contributed by atoms with Crippen molar-refractivity contribution < 1.29 is 13.6 Å². The maximum Gasteiger partial charge on any atom is 0.276 e. The molecule has 2 aromatic carbocycles. The van der Waals surface area contributed by atoms with E-state index in [0.29, 0.717) is 10.2 Å². The molecule has 4 aromatic rings. The maximum absolute atomic E-state index is 13.8. The first-order chi connectivity index (χ1) is 15.5. The first kappa shape index (κ1) is 20.8. The maximum atomic E-state index is 13.8. The van der Waals surface area contributed by atoms with Gasteiger partial charge in [-0.15, -0.1) is 11.3 Å². The van der Waals surface area contributed by atoms with Gasteiger partial charge in [-0.1, -0.05) is 36.0 Å². The zero-order valence-electron chi connectivity index (χ0n) is 16.7. The third-order valence-corrected chi connectivity index (χ3v) is 7.19. The summed E-state index contributed by atoms with van der Waals surface area (Å²) in [6.07, 6.45) is 1.75. The Morgan fingerprint density at radius 2 is 1.97 bits per heavy atom. The van der Waals surface area contributed by atoms with Gasteiger partial charge in [0.25, 0.3) is 5.56 Å². The van der Waals surface area contributed by atoms with Crippen molar-refractivity contribution >= 4 is 39.2 Å². The Bertz CT molecular complexity index is 1380. The number of halogens is 2. The number of nitrogens with zero attached hydrogens (tertiary/aromatic N) is 2. The van der Waals surface area contributed by atoms with Gasteiger partial charge in [-0.2, -0.15) is 0 Å². The molecule has 5 nitrogen and oxygen atoms in total. The summed E-state index contributed by atoms with van der Waals surface area (Å²) in [4.78, 5) is 30.2. The molecule has 1 amide bonds. The van der Waals surface area contributed by atoms with E-state index in [1.807, 2.05) is 18.2 Å². The number of benzene rings is 2. The Morgan fingerprint density at radius 1 is 1.19 bits per heavy atom. The van der Waals surface area contributed by atoms with Crippen LogP contribution in [0, 0.1) is 11.6 Å². The number of carbonyl (C=O) groups excluding carboxylic acids is 1. The van der Waals surface area contributed by atoms with Crippen LogP contribution in [0.2, 0.25) is 0 Å². The van der Waals surface area contributed by atoms with Gasteiger partial charge in [0.05, 0.1) is 23.0 Å². The highest BCUT2D eigenvalue weighted by atomic mass is 32.2. The minimum Gasteiger partial charge on any atom is -0.349 e. The molecule has 1 N–H and O–H groups in total. The standard InChI is InChI=1S/C23H17F2N3O2S2/c24-14-9-15(25)11-16(10-14)28-22(30)21-19(7-8-31-21)27-23(28)32-12-20(29)26-18-6-5-13-3-1-2-4-17(13)18/h1-4,7-11,18H,5-6,12H2,(H,26,29)/t18-/m1/s1. The van der Waals surface area contributed by atoms with Gasteiger partial charge in [0, 0.05) is 6.07 Å². The van der Waals surface area contributed by atoms with Crippen LogP contribution in [0.3, 0.4) is 0 Å². The fourth-order valence-corrected chi connectivity index (χ4v) is 5.54. The number of fused-ring (bicyclic) bond motifs is 2.